The van der Waals surface area contributed by atoms with Gasteiger partial charge in [0.15, 0.2) is 0 Å². The number of nitrogens with zero attached hydrogens (tertiary/aromatic N) is 2. The van der Waals surface area contributed by atoms with E-state index in [9.17, 15) is 0 Å². The fourth-order valence-electron chi connectivity index (χ4n) is 2.02. The van der Waals surface area contributed by atoms with Gasteiger partial charge in [-0.3, -0.25) is 0 Å². The zero-order valence-electron chi connectivity index (χ0n) is 8.59. The van der Waals surface area contributed by atoms with E-state index in [0.29, 0.717) is 0 Å². The van der Waals surface area contributed by atoms with Crippen LogP contribution in [-0.2, 0) is 7.05 Å². The summed E-state index contributed by atoms with van der Waals surface area (Å²) >= 11 is 0. The molecule has 1 aromatic carbocycles. The van der Waals surface area contributed by atoms with Gasteiger partial charge in [0.2, 0.25) is 0 Å². The smallest absolute Gasteiger partial charge is 0.0706 e. The highest BCUT2D eigenvalue weighted by Gasteiger charge is 2.05. The first-order valence-corrected chi connectivity index (χ1v) is 5.04. The van der Waals surface area contributed by atoms with E-state index >= 15 is 0 Å². The highest BCUT2D eigenvalue weighted by Crippen LogP contribution is 2.23. The van der Waals surface area contributed by atoms with E-state index in [1.807, 2.05) is 12.1 Å². The number of hydrogen-bond donors (Lipinski definition) is 0. The Morgan fingerprint density at radius 1 is 0.933 bits per heavy atom. The molecule has 3 rings (SSSR count). The molecule has 2 heterocycles. The second-order valence-electron chi connectivity index (χ2n) is 3.73. The molecule has 0 bridgehead atoms. The number of aromatic nitrogens is 2. The van der Waals surface area contributed by atoms with Gasteiger partial charge in [-0.05, 0) is 18.2 Å². The van der Waals surface area contributed by atoms with Crippen LogP contribution in [0.25, 0.3) is 16.6 Å². The molecule has 0 aliphatic heterocycles. The third-order valence-corrected chi connectivity index (χ3v) is 2.76. The Morgan fingerprint density at radius 3 is 2.47 bits per heavy atom. The summed E-state index contributed by atoms with van der Waals surface area (Å²) in [6, 6.07) is 12.5. The molecule has 0 aliphatic carbocycles. The summed E-state index contributed by atoms with van der Waals surface area (Å²) in [4.78, 5) is 0. The molecule has 0 aliphatic rings. The maximum absolute atomic E-state index is 2.16. The van der Waals surface area contributed by atoms with Crippen molar-refractivity contribution in [1.29, 1.82) is 0 Å². The molecule has 2 aromatic heterocycles. The van der Waals surface area contributed by atoms with Gasteiger partial charge in [-0.1, -0.05) is 18.2 Å². The minimum absolute atomic E-state index is 1.23. The molecule has 3 aromatic rings. The Labute approximate surface area is 88.4 Å². The van der Waals surface area contributed by atoms with Crippen molar-refractivity contribution >= 4 is 10.9 Å². The number of rotatable bonds is 1. The minimum Gasteiger partial charge on any atom is -0.348 e. The SMILES string of the molecule is Cn1cc(-n2cccc2)c2ccccc21. The van der Waals surface area contributed by atoms with E-state index in [1.54, 1.807) is 0 Å². The second kappa shape index (κ2) is 3.02. The normalized spacial score (nSPS) is 11.0. The number of fused-ring (bicyclic) bond motifs is 1. The third kappa shape index (κ3) is 1.18. The van der Waals surface area contributed by atoms with Crippen molar-refractivity contribution in [3.8, 4) is 5.69 Å². The van der Waals surface area contributed by atoms with E-state index in [4.69, 9.17) is 0 Å². The molecule has 74 valence electrons. The van der Waals surface area contributed by atoms with Gasteiger partial charge in [0.25, 0.3) is 0 Å². The number of benzene rings is 1. The largest absolute Gasteiger partial charge is 0.348 e. The average Bonchev–Trinajstić information content (AvgIpc) is 2.87. The highest BCUT2D eigenvalue weighted by molar-refractivity contribution is 5.88. The van der Waals surface area contributed by atoms with Gasteiger partial charge >= 0.3 is 0 Å². The lowest BCUT2D eigenvalue weighted by Gasteiger charge is -1.98. The molecule has 0 N–H and O–H groups in total. The lowest BCUT2D eigenvalue weighted by atomic mass is 10.2. The molecule has 0 amide bonds. The molecule has 0 radical (unpaired) electrons. The Hall–Kier alpha value is -1.96. The lowest BCUT2D eigenvalue weighted by molar-refractivity contribution is 0.953. The lowest BCUT2D eigenvalue weighted by Crippen LogP contribution is -1.87. The quantitative estimate of drug-likeness (QED) is 0.566. The Kier molecular flexibility index (Phi) is 1.68. The number of hydrogen-bond acceptors (Lipinski definition) is 0. The van der Waals surface area contributed by atoms with Crippen LogP contribution in [0.5, 0.6) is 0 Å². The Bertz CT molecular complexity index is 588. The monoisotopic (exact) mass is 196 g/mol. The standard InChI is InChI=1S/C13H12N2/c1-14-10-13(15-8-4-5-9-15)11-6-2-3-7-12(11)14/h2-10H,1H3. The number of para-hydroxylation sites is 1. The molecule has 0 saturated carbocycles. The molecule has 0 unspecified atom stereocenters. The van der Waals surface area contributed by atoms with E-state index in [0.717, 1.165) is 0 Å². The van der Waals surface area contributed by atoms with Crippen LogP contribution in [-0.4, -0.2) is 9.13 Å². The Balaban J connectivity index is 2.37. The van der Waals surface area contributed by atoms with Crippen LogP contribution < -0.4 is 0 Å². The fraction of sp³-hybridized carbons (Fsp3) is 0.0769. The van der Waals surface area contributed by atoms with Crippen molar-refractivity contribution in [2.75, 3.05) is 0 Å². The van der Waals surface area contributed by atoms with Crippen LogP contribution in [0.3, 0.4) is 0 Å². The van der Waals surface area contributed by atoms with Gasteiger partial charge in [0.1, 0.15) is 0 Å². The fourth-order valence-corrected chi connectivity index (χ4v) is 2.02. The molecule has 0 atom stereocenters. The summed E-state index contributed by atoms with van der Waals surface area (Å²) in [7, 11) is 2.08. The first kappa shape index (κ1) is 8.36. The summed E-state index contributed by atoms with van der Waals surface area (Å²) in [5.74, 6) is 0. The van der Waals surface area contributed by atoms with Crippen LogP contribution >= 0.6 is 0 Å². The summed E-state index contributed by atoms with van der Waals surface area (Å²) in [6.45, 7) is 0. The second-order valence-corrected chi connectivity index (χ2v) is 3.73. The van der Waals surface area contributed by atoms with Crippen LogP contribution in [0, 0.1) is 0 Å². The molecule has 0 fully saturated rings. The first-order valence-electron chi connectivity index (χ1n) is 5.04. The van der Waals surface area contributed by atoms with E-state index in [1.165, 1.54) is 16.6 Å². The van der Waals surface area contributed by atoms with Crippen molar-refractivity contribution in [2.24, 2.45) is 7.05 Å². The summed E-state index contributed by atoms with van der Waals surface area (Å²) in [5.41, 5.74) is 2.50. The predicted molar refractivity (Wildman–Crippen MR) is 62.2 cm³/mol. The van der Waals surface area contributed by atoms with Gasteiger partial charge in [-0.25, -0.2) is 0 Å². The van der Waals surface area contributed by atoms with Gasteiger partial charge in [0, 0.05) is 36.5 Å². The van der Waals surface area contributed by atoms with Crippen molar-refractivity contribution < 1.29 is 0 Å². The first-order chi connectivity index (χ1) is 7.36. The predicted octanol–water partition coefficient (Wildman–Crippen LogP) is 2.97. The van der Waals surface area contributed by atoms with Crippen LogP contribution in [0.4, 0.5) is 0 Å². The van der Waals surface area contributed by atoms with Crippen molar-refractivity contribution in [3.05, 3.63) is 55.0 Å². The topological polar surface area (TPSA) is 9.86 Å². The van der Waals surface area contributed by atoms with Crippen molar-refractivity contribution in [3.63, 3.8) is 0 Å². The molecular weight excluding hydrogens is 184 g/mol. The summed E-state index contributed by atoms with van der Waals surface area (Å²) in [5, 5.41) is 1.29. The third-order valence-electron chi connectivity index (χ3n) is 2.76. The Morgan fingerprint density at radius 2 is 1.67 bits per heavy atom. The van der Waals surface area contributed by atoms with Crippen LogP contribution in [0.1, 0.15) is 0 Å². The maximum Gasteiger partial charge on any atom is 0.0706 e. The highest BCUT2D eigenvalue weighted by atomic mass is 15.0. The van der Waals surface area contributed by atoms with E-state index in [-0.39, 0.29) is 0 Å². The minimum atomic E-state index is 1.23. The van der Waals surface area contributed by atoms with Crippen LogP contribution in [0.15, 0.2) is 55.0 Å². The van der Waals surface area contributed by atoms with Crippen molar-refractivity contribution in [1.82, 2.24) is 9.13 Å². The van der Waals surface area contributed by atoms with Gasteiger partial charge < -0.3 is 9.13 Å². The van der Waals surface area contributed by atoms with E-state index in [2.05, 4.69) is 59.0 Å². The summed E-state index contributed by atoms with van der Waals surface area (Å²) in [6.07, 6.45) is 6.30. The molecule has 2 heteroatoms. The molecule has 0 spiro atoms. The summed E-state index contributed by atoms with van der Waals surface area (Å²) < 4.78 is 4.30. The van der Waals surface area contributed by atoms with Crippen LogP contribution in [0.2, 0.25) is 0 Å². The molecular formula is C13H12N2. The van der Waals surface area contributed by atoms with E-state index < -0.39 is 0 Å². The average molecular weight is 196 g/mol. The zero-order chi connectivity index (χ0) is 10.3. The van der Waals surface area contributed by atoms with Gasteiger partial charge in [0.05, 0.1) is 5.69 Å². The van der Waals surface area contributed by atoms with Crippen molar-refractivity contribution in [2.45, 2.75) is 0 Å². The molecule has 0 saturated heterocycles. The maximum atomic E-state index is 2.16. The van der Waals surface area contributed by atoms with Gasteiger partial charge in [-0.15, -0.1) is 0 Å². The number of aryl methyl sites for hydroxylation is 1. The zero-order valence-corrected chi connectivity index (χ0v) is 8.59. The molecule has 2 nitrogen and oxygen atoms in total. The van der Waals surface area contributed by atoms with Gasteiger partial charge in [-0.2, -0.15) is 0 Å². The molecule has 15 heavy (non-hydrogen) atoms.